The van der Waals surface area contributed by atoms with Crippen LogP contribution in [0.4, 0.5) is 0 Å². The smallest absolute Gasteiger partial charge is 0.311 e. The van der Waals surface area contributed by atoms with Gasteiger partial charge in [0.15, 0.2) is 0 Å². The third-order valence-corrected chi connectivity index (χ3v) is 4.19. The monoisotopic (exact) mass is 261 g/mol. The average molecular weight is 261 g/mol. The Bertz CT molecular complexity index is 492. The van der Waals surface area contributed by atoms with E-state index in [9.17, 15) is 9.90 Å². The van der Waals surface area contributed by atoms with Crippen LogP contribution in [0.25, 0.3) is 0 Å². The fraction of sp³-hybridized carbons (Fsp3) is 0.562. The summed E-state index contributed by atoms with van der Waals surface area (Å²) in [6.45, 7) is 3.60. The largest absolute Gasteiger partial charge is 0.481 e. The molecule has 19 heavy (non-hydrogen) atoms. The van der Waals surface area contributed by atoms with Gasteiger partial charge in [-0.2, -0.15) is 0 Å². The van der Waals surface area contributed by atoms with E-state index < -0.39 is 11.4 Å². The van der Waals surface area contributed by atoms with E-state index in [1.165, 1.54) is 17.5 Å². The number of fused-ring (bicyclic) bond motifs is 1. The van der Waals surface area contributed by atoms with Crippen LogP contribution < -0.4 is 0 Å². The van der Waals surface area contributed by atoms with Gasteiger partial charge in [0.05, 0.1) is 5.41 Å². The molecule has 0 amide bonds. The first kappa shape index (κ1) is 14.1. The summed E-state index contributed by atoms with van der Waals surface area (Å²) in [6.07, 6.45) is 3.50. The zero-order valence-electron chi connectivity index (χ0n) is 12.2. The van der Waals surface area contributed by atoms with E-state index in [1.807, 2.05) is 19.0 Å². The van der Waals surface area contributed by atoms with Crippen molar-refractivity contribution in [2.45, 2.75) is 39.2 Å². The molecule has 0 fully saturated rings. The number of carbonyl (C=O) groups is 1. The molecule has 1 aliphatic rings. The predicted octanol–water partition coefficient (Wildman–Crippen LogP) is 2.89. The van der Waals surface area contributed by atoms with Gasteiger partial charge in [0.1, 0.15) is 0 Å². The Morgan fingerprint density at radius 2 is 1.89 bits per heavy atom. The molecule has 1 atom stereocenters. The topological polar surface area (TPSA) is 40.5 Å². The molecule has 0 saturated carbocycles. The number of carboxylic acid groups (broad SMARTS) is 1. The number of rotatable bonds is 4. The minimum absolute atomic E-state index is 0.115. The number of aryl methyl sites for hydroxylation is 2. The molecule has 0 spiro atoms. The van der Waals surface area contributed by atoms with Crippen LogP contribution in [0.5, 0.6) is 0 Å². The lowest BCUT2D eigenvalue weighted by atomic mass is 9.79. The predicted molar refractivity (Wildman–Crippen MR) is 76.3 cm³/mol. The Kier molecular flexibility index (Phi) is 3.68. The summed E-state index contributed by atoms with van der Waals surface area (Å²) in [5, 5.41) is 9.49. The SMILES string of the molecule is CN(C)C(c1ccc2c(c1)CCC2)C(C)(C)C(=O)O. The minimum atomic E-state index is -0.809. The van der Waals surface area contributed by atoms with Crippen molar-refractivity contribution in [2.24, 2.45) is 5.41 Å². The first-order chi connectivity index (χ1) is 8.84. The van der Waals surface area contributed by atoms with Crippen molar-refractivity contribution in [2.75, 3.05) is 14.1 Å². The normalized spacial score (nSPS) is 16.5. The Labute approximate surface area is 115 Å². The van der Waals surface area contributed by atoms with Crippen molar-refractivity contribution in [1.29, 1.82) is 0 Å². The highest BCUT2D eigenvalue weighted by Gasteiger charge is 2.39. The molecule has 3 heteroatoms. The summed E-state index contributed by atoms with van der Waals surface area (Å²) in [5.74, 6) is -0.758. The van der Waals surface area contributed by atoms with Gasteiger partial charge in [-0.1, -0.05) is 18.2 Å². The van der Waals surface area contributed by atoms with E-state index in [-0.39, 0.29) is 6.04 Å². The van der Waals surface area contributed by atoms with Gasteiger partial charge in [0.2, 0.25) is 0 Å². The summed E-state index contributed by atoms with van der Waals surface area (Å²) < 4.78 is 0. The molecule has 0 aromatic heterocycles. The summed E-state index contributed by atoms with van der Waals surface area (Å²) in [7, 11) is 3.89. The van der Waals surface area contributed by atoms with Crippen LogP contribution in [0.1, 0.15) is 43.0 Å². The quantitative estimate of drug-likeness (QED) is 0.906. The second-order valence-electron chi connectivity index (χ2n) is 6.27. The number of aliphatic carboxylic acids is 1. The van der Waals surface area contributed by atoms with E-state index in [4.69, 9.17) is 0 Å². The van der Waals surface area contributed by atoms with Crippen LogP contribution >= 0.6 is 0 Å². The standard InChI is InChI=1S/C16H23NO2/c1-16(2,15(18)19)14(17(3)4)13-9-8-11-6-5-7-12(11)10-13/h8-10,14H,5-7H2,1-4H3,(H,18,19). The molecule has 1 aliphatic carbocycles. The van der Waals surface area contributed by atoms with Gasteiger partial charge >= 0.3 is 5.97 Å². The number of carboxylic acids is 1. The number of benzene rings is 1. The van der Waals surface area contributed by atoms with Gasteiger partial charge in [-0.15, -0.1) is 0 Å². The van der Waals surface area contributed by atoms with Crippen molar-refractivity contribution < 1.29 is 9.90 Å². The van der Waals surface area contributed by atoms with E-state index in [0.29, 0.717) is 0 Å². The molecule has 2 rings (SSSR count). The second-order valence-corrected chi connectivity index (χ2v) is 6.27. The van der Waals surface area contributed by atoms with E-state index in [2.05, 4.69) is 18.2 Å². The highest BCUT2D eigenvalue weighted by atomic mass is 16.4. The third-order valence-electron chi connectivity index (χ3n) is 4.19. The van der Waals surface area contributed by atoms with Gasteiger partial charge in [0.25, 0.3) is 0 Å². The maximum absolute atomic E-state index is 11.5. The van der Waals surface area contributed by atoms with Gasteiger partial charge < -0.3 is 10.0 Å². The lowest BCUT2D eigenvalue weighted by Gasteiger charge is -2.36. The summed E-state index contributed by atoms with van der Waals surface area (Å²) in [5.41, 5.74) is 3.12. The van der Waals surface area contributed by atoms with E-state index in [0.717, 1.165) is 18.4 Å². The van der Waals surface area contributed by atoms with Gasteiger partial charge in [-0.05, 0) is 63.9 Å². The fourth-order valence-corrected chi connectivity index (χ4v) is 3.24. The van der Waals surface area contributed by atoms with Crippen molar-refractivity contribution in [1.82, 2.24) is 4.90 Å². The zero-order chi connectivity index (χ0) is 14.2. The molecular weight excluding hydrogens is 238 g/mol. The van der Waals surface area contributed by atoms with Crippen molar-refractivity contribution in [3.63, 3.8) is 0 Å². The number of hydrogen-bond acceptors (Lipinski definition) is 2. The third kappa shape index (κ3) is 2.52. The minimum Gasteiger partial charge on any atom is -0.481 e. The van der Waals surface area contributed by atoms with E-state index >= 15 is 0 Å². The maximum atomic E-state index is 11.5. The first-order valence-electron chi connectivity index (χ1n) is 6.85. The highest BCUT2D eigenvalue weighted by molar-refractivity contribution is 5.75. The molecule has 0 radical (unpaired) electrons. The molecule has 1 N–H and O–H groups in total. The fourth-order valence-electron chi connectivity index (χ4n) is 3.24. The lowest BCUT2D eigenvalue weighted by Crippen LogP contribution is -2.39. The molecular formula is C16H23NO2. The van der Waals surface area contributed by atoms with Crippen LogP contribution in [0, 0.1) is 5.41 Å². The van der Waals surface area contributed by atoms with Gasteiger partial charge in [-0.3, -0.25) is 4.79 Å². The molecule has 1 aromatic rings. The summed E-state index contributed by atoms with van der Waals surface area (Å²) in [4.78, 5) is 13.6. The molecule has 3 nitrogen and oxygen atoms in total. The van der Waals surface area contributed by atoms with Crippen LogP contribution in [-0.2, 0) is 17.6 Å². The molecule has 1 aromatic carbocycles. The molecule has 104 valence electrons. The maximum Gasteiger partial charge on any atom is 0.311 e. The Morgan fingerprint density at radius 3 is 2.47 bits per heavy atom. The van der Waals surface area contributed by atoms with Crippen LogP contribution in [0.2, 0.25) is 0 Å². The van der Waals surface area contributed by atoms with Gasteiger partial charge in [0, 0.05) is 6.04 Å². The second kappa shape index (κ2) is 4.97. The first-order valence-corrected chi connectivity index (χ1v) is 6.85. The summed E-state index contributed by atoms with van der Waals surface area (Å²) in [6, 6.07) is 6.36. The number of nitrogens with zero attached hydrogens (tertiary/aromatic N) is 1. The molecule has 0 aliphatic heterocycles. The highest BCUT2D eigenvalue weighted by Crippen LogP contribution is 2.38. The Balaban J connectivity index is 2.43. The molecule has 0 bridgehead atoms. The Hall–Kier alpha value is -1.35. The van der Waals surface area contributed by atoms with Crippen molar-refractivity contribution in [3.05, 3.63) is 34.9 Å². The molecule has 0 saturated heterocycles. The van der Waals surface area contributed by atoms with Crippen molar-refractivity contribution >= 4 is 5.97 Å². The van der Waals surface area contributed by atoms with Crippen LogP contribution in [-0.4, -0.2) is 30.1 Å². The van der Waals surface area contributed by atoms with Crippen molar-refractivity contribution in [3.8, 4) is 0 Å². The molecule has 0 heterocycles. The Morgan fingerprint density at radius 1 is 1.26 bits per heavy atom. The van der Waals surface area contributed by atoms with Crippen LogP contribution in [0.15, 0.2) is 18.2 Å². The average Bonchev–Trinajstić information content (AvgIpc) is 2.75. The van der Waals surface area contributed by atoms with Gasteiger partial charge in [-0.25, -0.2) is 0 Å². The number of hydrogen-bond donors (Lipinski definition) is 1. The lowest BCUT2D eigenvalue weighted by molar-refractivity contribution is -0.150. The van der Waals surface area contributed by atoms with Crippen LogP contribution in [0.3, 0.4) is 0 Å². The summed E-state index contributed by atoms with van der Waals surface area (Å²) >= 11 is 0. The molecule has 1 unspecified atom stereocenters. The zero-order valence-corrected chi connectivity index (χ0v) is 12.2. The van der Waals surface area contributed by atoms with E-state index in [1.54, 1.807) is 13.8 Å².